The molecule has 1 heterocycles. The Balaban J connectivity index is 1.82. The van der Waals surface area contributed by atoms with Crippen molar-refractivity contribution in [3.8, 4) is 0 Å². The Bertz CT molecular complexity index is 490. The Kier molecular flexibility index (Phi) is 4.27. The van der Waals surface area contributed by atoms with Gasteiger partial charge >= 0.3 is 5.97 Å². The van der Waals surface area contributed by atoms with E-state index in [-0.39, 0.29) is 24.2 Å². The summed E-state index contributed by atoms with van der Waals surface area (Å²) in [7, 11) is 1.46. The van der Waals surface area contributed by atoms with Crippen LogP contribution < -0.4 is 0 Å². The van der Waals surface area contributed by atoms with Crippen molar-refractivity contribution >= 4 is 5.97 Å². The molecule has 0 bridgehead atoms. The quantitative estimate of drug-likeness (QED) is 0.864. The number of aliphatic hydroxyl groups is 1. The molecule has 21 heavy (non-hydrogen) atoms. The number of aliphatic hydroxyl groups excluding tert-OH is 1. The second-order valence-corrected chi connectivity index (χ2v) is 6.23. The van der Waals surface area contributed by atoms with E-state index in [1.165, 1.54) is 12.7 Å². The average Bonchev–Trinajstić information content (AvgIpc) is 2.86. The van der Waals surface area contributed by atoms with Crippen molar-refractivity contribution in [2.45, 2.75) is 50.4 Å². The van der Waals surface area contributed by atoms with Crippen LogP contribution in [0.3, 0.4) is 0 Å². The molecule has 1 aliphatic carbocycles. The number of fused-ring (bicyclic) bond motifs is 1. The van der Waals surface area contributed by atoms with E-state index in [4.69, 9.17) is 4.74 Å². The molecule has 4 nitrogen and oxygen atoms in total. The van der Waals surface area contributed by atoms with E-state index < -0.39 is 0 Å². The fourth-order valence-electron chi connectivity index (χ4n) is 3.91. The average molecular weight is 289 g/mol. The molecule has 0 aromatic heterocycles. The molecule has 114 valence electrons. The van der Waals surface area contributed by atoms with Crippen molar-refractivity contribution in [2.24, 2.45) is 5.92 Å². The molecule has 1 aliphatic heterocycles. The van der Waals surface area contributed by atoms with Crippen molar-refractivity contribution in [2.75, 3.05) is 7.11 Å². The smallest absolute Gasteiger partial charge is 0.323 e. The molecule has 4 heteroatoms. The lowest BCUT2D eigenvalue weighted by atomic mass is 9.83. The molecule has 0 spiro atoms. The monoisotopic (exact) mass is 289 g/mol. The fraction of sp³-hybridized carbons (Fsp3) is 0.588. The van der Waals surface area contributed by atoms with Crippen LogP contribution in [0.25, 0.3) is 0 Å². The maximum Gasteiger partial charge on any atom is 0.323 e. The highest BCUT2D eigenvalue weighted by Crippen LogP contribution is 2.40. The van der Waals surface area contributed by atoms with Gasteiger partial charge in [-0.05, 0) is 37.2 Å². The fourth-order valence-corrected chi connectivity index (χ4v) is 3.91. The van der Waals surface area contributed by atoms with Gasteiger partial charge in [-0.3, -0.25) is 9.69 Å². The number of carbonyl (C=O) groups excluding carboxylic acids is 1. The molecule has 4 atom stereocenters. The zero-order valence-electron chi connectivity index (χ0n) is 12.4. The van der Waals surface area contributed by atoms with Crippen LogP contribution in [-0.4, -0.2) is 41.3 Å². The van der Waals surface area contributed by atoms with Crippen LogP contribution in [0.1, 0.15) is 31.2 Å². The molecule has 1 aromatic carbocycles. The highest BCUT2D eigenvalue weighted by atomic mass is 16.5. The third kappa shape index (κ3) is 2.97. The Morgan fingerprint density at radius 1 is 1.29 bits per heavy atom. The minimum atomic E-state index is -0.235. The van der Waals surface area contributed by atoms with E-state index in [2.05, 4.69) is 17.0 Å². The second kappa shape index (κ2) is 6.16. The molecule has 3 rings (SSSR count). The lowest BCUT2D eigenvalue weighted by Crippen LogP contribution is -2.44. The van der Waals surface area contributed by atoms with Crippen molar-refractivity contribution in [3.05, 3.63) is 35.9 Å². The van der Waals surface area contributed by atoms with Gasteiger partial charge in [-0.2, -0.15) is 0 Å². The molecule has 1 saturated carbocycles. The highest BCUT2D eigenvalue weighted by Gasteiger charge is 2.47. The molecule has 1 N–H and O–H groups in total. The van der Waals surface area contributed by atoms with Crippen LogP contribution in [-0.2, 0) is 16.1 Å². The maximum absolute atomic E-state index is 12.1. The Hall–Kier alpha value is -1.39. The first-order valence-electron chi connectivity index (χ1n) is 7.74. The molecular weight excluding hydrogens is 266 g/mol. The second-order valence-electron chi connectivity index (χ2n) is 6.23. The number of likely N-dealkylation sites (tertiary alicyclic amines) is 1. The van der Waals surface area contributed by atoms with Gasteiger partial charge in [0.25, 0.3) is 0 Å². The van der Waals surface area contributed by atoms with Crippen LogP contribution in [0, 0.1) is 5.92 Å². The third-order valence-corrected chi connectivity index (χ3v) is 4.96. The summed E-state index contributed by atoms with van der Waals surface area (Å²) in [4.78, 5) is 14.4. The molecule has 1 saturated heterocycles. The Morgan fingerprint density at radius 3 is 2.76 bits per heavy atom. The lowest BCUT2D eigenvalue weighted by molar-refractivity contribution is -0.146. The first-order valence-corrected chi connectivity index (χ1v) is 7.74. The largest absolute Gasteiger partial charge is 0.468 e. The van der Waals surface area contributed by atoms with Gasteiger partial charge in [-0.1, -0.05) is 30.3 Å². The summed E-state index contributed by atoms with van der Waals surface area (Å²) in [5, 5.41) is 9.98. The van der Waals surface area contributed by atoms with E-state index in [9.17, 15) is 9.90 Å². The SMILES string of the molecule is COC(=O)[C@@H]1C[C@H]2CC[C@@H](O)C[C@H]2N1Cc1ccccc1. The summed E-state index contributed by atoms with van der Waals surface area (Å²) in [5.41, 5.74) is 1.20. The number of esters is 1. The molecule has 2 aliphatic rings. The number of ether oxygens (including phenoxy) is 1. The predicted octanol–water partition coefficient (Wildman–Crippen LogP) is 1.96. The minimum Gasteiger partial charge on any atom is -0.468 e. The van der Waals surface area contributed by atoms with Gasteiger partial charge in [0.05, 0.1) is 13.2 Å². The van der Waals surface area contributed by atoms with Gasteiger partial charge in [0.1, 0.15) is 6.04 Å². The summed E-state index contributed by atoms with van der Waals surface area (Å²) >= 11 is 0. The molecule has 0 amide bonds. The number of rotatable bonds is 3. The minimum absolute atomic E-state index is 0.144. The number of hydrogen-bond donors (Lipinski definition) is 1. The van der Waals surface area contributed by atoms with Crippen LogP contribution in [0.5, 0.6) is 0 Å². The van der Waals surface area contributed by atoms with Crippen LogP contribution in [0.2, 0.25) is 0 Å². The molecule has 1 aromatic rings. The van der Waals surface area contributed by atoms with Crippen LogP contribution in [0.15, 0.2) is 30.3 Å². The van der Waals surface area contributed by atoms with Crippen LogP contribution >= 0.6 is 0 Å². The summed E-state index contributed by atoms with van der Waals surface area (Å²) < 4.78 is 4.99. The van der Waals surface area contributed by atoms with Crippen molar-refractivity contribution in [1.82, 2.24) is 4.90 Å². The summed E-state index contributed by atoms with van der Waals surface area (Å²) in [6.07, 6.45) is 3.25. The molecule has 2 fully saturated rings. The van der Waals surface area contributed by atoms with Gasteiger partial charge in [0.2, 0.25) is 0 Å². The van der Waals surface area contributed by atoms with Crippen molar-refractivity contribution in [3.63, 3.8) is 0 Å². The zero-order chi connectivity index (χ0) is 14.8. The van der Waals surface area contributed by atoms with Gasteiger partial charge in [-0.15, -0.1) is 0 Å². The summed E-state index contributed by atoms with van der Waals surface area (Å²) in [5.74, 6) is 0.357. The highest BCUT2D eigenvalue weighted by molar-refractivity contribution is 5.76. The van der Waals surface area contributed by atoms with Gasteiger partial charge < -0.3 is 9.84 Å². The number of methoxy groups -OCH3 is 1. The Labute approximate surface area is 125 Å². The summed E-state index contributed by atoms with van der Waals surface area (Å²) in [6.45, 7) is 0.745. The lowest BCUT2D eigenvalue weighted by Gasteiger charge is -2.35. The first kappa shape index (κ1) is 14.5. The van der Waals surface area contributed by atoms with E-state index in [0.717, 1.165) is 32.2 Å². The predicted molar refractivity (Wildman–Crippen MR) is 79.5 cm³/mol. The zero-order valence-corrected chi connectivity index (χ0v) is 12.4. The van der Waals surface area contributed by atoms with E-state index in [1.54, 1.807) is 0 Å². The van der Waals surface area contributed by atoms with E-state index >= 15 is 0 Å². The first-order chi connectivity index (χ1) is 10.2. The summed E-state index contributed by atoms with van der Waals surface area (Å²) in [6, 6.07) is 10.3. The Morgan fingerprint density at radius 2 is 2.05 bits per heavy atom. The maximum atomic E-state index is 12.1. The van der Waals surface area contributed by atoms with E-state index in [0.29, 0.717) is 5.92 Å². The molecular formula is C17H23NO3. The molecule has 0 radical (unpaired) electrons. The van der Waals surface area contributed by atoms with Crippen LogP contribution in [0.4, 0.5) is 0 Å². The third-order valence-electron chi connectivity index (χ3n) is 4.96. The van der Waals surface area contributed by atoms with E-state index in [1.807, 2.05) is 18.2 Å². The number of carbonyl (C=O) groups is 1. The standard InChI is InChI=1S/C17H23NO3/c1-21-17(20)16-9-13-7-8-14(19)10-15(13)18(16)11-12-5-3-2-4-6-12/h2-6,13-16,19H,7-11H2,1H3/t13-,14-,15-,16+/m1/s1. The number of nitrogens with zero attached hydrogens (tertiary/aromatic N) is 1. The topological polar surface area (TPSA) is 49.8 Å². The van der Waals surface area contributed by atoms with Crippen molar-refractivity contribution < 1.29 is 14.6 Å². The normalized spacial score (nSPS) is 32.7. The van der Waals surface area contributed by atoms with Gasteiger partial charge in [0.15, 0.2) is 0 Å². The van der Waals surface area contributed by atoms with Gasteiger partial charge in [0, 0.05) is 12.6 Å². The molecule has 0 unspecified atom stereocenters. The van der Waals surface area contributed by atoms with Gasteiger partial charge in [-0.25, -0.2) is 0 Å². The number of hydrogen-bond acceptors (Lipinski definition) is 4. The number of benzene rings is 1. The van der Waals surface area contributed by atoms with Crippen molar-refractivity contribution in [1.29, 1.82) is 0 Å².